The van der Waals surface area contributed by atoms with Crippen molar-refractivity contribution in [2.75, 3.05) is 11.9 Å². The standard InChI is InChI=1S/C13H16BrN3S/c1-3-6-15-13-11(14)10(4-2)16-12(17-13)9-5-7-18-8-9/h5,7-8H,3-4,6H2,1-2H3,(H,15,16,17). The van der Waals surface area contributed by atoms with Crippen LogP contribution < -0.4 is 5.32 Å². The van der Waals surface area contributed by atoms with Crippen LogP contribution in [0.1, 0.15) is 26.0 Å². The van der Waals surface area contributed by atoms with E-state index in [1.165, 1.54) is 0 Å². The van der Waals surface area contributed by atoms with Crippen molar-refractivity contribution in [2.45, 2.75) is 26.7 Å². The third-order valence-corrected chi connectivity index (χ3v) is 4.09. The molecule has 18 heavy (non-hydrogen) atoms. The lowest BCUT2D eigenvalue weighted by Crippen LogP contribution is -2.07. The second kappa shape index (κ2) is 6.29. The third-order valence-electron chi connectivity index (χ3n) is 2.58. The minimum Gasteiger partial charge on any atom is -0.369 e. The highest BCUT2D eigenvalue weighted by molar-refractivity contribution is 9.10. The van der Waals surface area contributed by atoms with Crippen molar-refractivity contribution in [3.8, 4) is 11.4 Å². The van der Waals surface area contributed by atoms with Gasteiger partial charge in [-0.2, -0.15) is 11.3 Å². The van der Waals surface area contributed by atoms with Crippen molar-refractivity contribution in [1.29, 1.82) is 0 Å². The third kappa shape index (κ3) is 2.90. The first kappa shape index (κ1) is 13.5. The summed E-state index contributed by atoms with van der Waals surface area (Å²) in [6.45, 7) is 5.17. The Balaban J connectivity index is 2.42. The van der Waals surface area contributed by atoms with Gasteiger partial charge >= 0.3 is 0 Å². The quantitative estimate of drug-likeness (QED) is 0.887. The molecule has 0 saturated carbocycles. The molecule has 0 atom stereocenters. The summed E-state index contributed by atoms with van der Waals surface area (Å²) in [6, 6.07) is 2.05. The SMILES string of the molecule is CCCNc1nc(-c2ccsc2)nc(CC)c1Br. The number of aryl methyl sites for hydroxylation is 1. The fourth-order valence-corrected chi connectivity index (χ4v) is 2.84. The zero-order valence-corrected chi connectivity index (χ0v) is 12.9. The van der Waals surface area contributed by atoms with E-state index in [-0.39, 0.29) is 0 Å². The smallest absolute Gasteiger partial charge is 0.162 e. The van der Waals surface area contributed by atoms with Crippen molar-refractivity contribution < 1.29 is 0 Å². The van der Waals surface area contributed by atoms with E-state index >= 15 is 0 Å². The van der Waals surface area contributed by atoms with Crippen LogP contribution in [0.25, 0.3) is 11.4 Å². The number of hydrogen-bond donors (Lipinski definition) is 1. The van der Waals surface area contributed by atoms with Gasteiger partial charge in [0.2, 0.25) is 0 Å². The predicted octanol–water partition coefficient (Wildman–Crippen LogP) is 4.35. The first-order chi connectivity index (χ1) is 8.76. The summed E-state index contributed by atoms with van der Waals surface area (Å²) >= 11 is 5.25. The summed E-state index contributed by atoms with van der Waals surface area (Å²) in [5.74, 6) is 1.69. The number of nitrogens with zero attached hydrogens (tertiary/aromatic N) is 2. The fraction of sp³-hybridized carbons (Fsp3) is 0.385. The van der Waals surface area contributed by atoms with Crippen LogP contribution in [0.4, 0.5) is 5.82 Å². The number of aromatic nitrogens is 2. The van der Waals surface area contributed by atoms with Crippen LogP contribution in [0.2, 0.25) is 0 Å². The zero-order valence-electron chi connectivity index (χ0n) is 10.5. The number of rotatable bonds is 5. The van der Waals surface area contributed by atoms with E-state index in [9.17, 15) is 0 Å². The highest BCUT2D eigenvalue weighted by Gasteiger charge is 2.12. The Morgan fingerprint density at radius 3 is 2.78 bits per heavy atom. The molecular formula is C13H16BrN3S. The first-order valence-electron chi connectivity index (χ1n) is 6.09. The minimum atomic E-state index is 0.801. The molecule has 0 aliphatic heterocycles. The maximum Gasteiger partial charge on any atom is 0.162 e. The molecule has 0 fully saturated rings. The van der Waals surface area contributed by atoms with Crippen LogP contribution in [0.5, 0.6) is 0 Å². The average molecular weight is 326 g/mol. The van der Waals surface area contributed by atoms with Crippen molar-refractivity contribution in [1.82, 2.24) is 9.97 Å². The Labute approximate surface area is 120 Å². The minimum absolute atomic E-state index is 0.801. The number of anilines is 1. The van der Waals surface area contributed by atoms with Gasteiger partial charge in [-0.3, -0.25) is 0 Å². The second-order valence-corrected chi connectivity index (χ2v) is 5.52. The largest absolute Gasteiger partial charge is 0.369 e. The Kier molecular flexibility index (Phi) is 4.72. The number of halogens is 1. The first-order valence-corrected chi connectivity index (χ1v) is 7.82. The molecule has 0 bridgehead atoms. The van der Waals surface area contributed by atoms with Gasteiger partial charge < -0.3 is 5.32 Å². The lowest BCUT2D eigenvalue weighted by atomic mass is 10.2. The molecule has 0 aliphatic carbocycles. The van der Waals surface area contributed by atoms with Crippen LogP contribution in [0.3, 0.4) is 0 Å². The van der Waals surface area contributed by atoms with Gasteiger partial charge in [0.15, 0.2) is 5.82 Å². The molecular weight excluding hydrogens is 310 g/mol. The van der Waals surface area contributed by atoms with Gasteiger partial charge in [-0.05, 0) is 40.2 Å². The molecule has 0 amide bonds. The second-order valence-electron chi connectivity index (χ2n) is 3.95. The van der Waals surface area contributed by atoms with E-state index in [1.807, 2.05) is 5.38 Å². The van der Waals surface area contributed by atoms with Crippen molar-refractivity contribution >= 4 is 33.1 Å². The number of thiophene rings is 1. The molecule has 0 spiro atoms. The van der Waals surface area contributed by atoms with Crippen molar-refractivity contribution in [3.05, 3.63) is 27.0 Å². The predicted molar refractivity (Wildman–Crippen MR) is 81.2 cm³/mol. The highest BCUT2D eigenvalue weighted by Crippen LogP contribution is 2.28. The van der Waals surface area contributed by atoms with E-state index in [1.54, 1.807) is 11.3 Å². The molecule has 96 valence electrons. The van der Waals surface area contributed by atoms with Gasteiger partial charge in [0.25, 0.3) is 0 Å². The maximum atomic E-state index is 4.61. The lowest BCUT2D eigenvalue weighted by Gasteiger charge is -2.11. The summed E-state index contributed by atoms with van der Waals surface area (Å²) in [6.07, 6.45) is 1.97. The van der Waals surface area contributed by atoms with Gasteiger partial charge in [-0.25, -0.2) is 9.97 Å². The molecule has 1 N–H and O–H groups in total. The Hall–Kier alpha value is -0.940. The van der Waals surface area contributed by atoms with Gasteiger partial charge in [0, 0.05) is 17.5 Å². The lowest BCUT2D eigenvalue weighted by molar-refractivity contribution is 0.944. The monoisotopic (exact) mass is 325 g/mol. The highest BCUT2D eigenvalue weighted by atomic mass is 79.9. The molecule has 0 unspecified atom stereocenters. The topological polar surface area (TPSA) is 37.8 Å². The van der Waals surface area contributed by atoms with Gasteiger partial charge in [-0.15, -0.1) is 0 Å². The summed E-state index contributed by atoms with van der Waals surface area (Å²) in [7, 11) is 0. The molecule has 0 aromatic carbocycles. The summed E-state index contributed by atoms with van der Waals surface area (Å²) in [4.78, 5) is 9.21. The van der Waals surface area contributed by atoms with Gasteiger partial charge in [0.05, 0.1) is 10.2 Å². The van der Waals surface area contributed by atoms with E-state index in [4.69, 9.17) is 0 Å². The van der Waals surface area contributed by atoms with Crippen LogP contribution in [0.15, 0.2) is 21.3 Å². The Morgan fingerprint density at radius 2 is 2.17 bits per heavy atom. The van der Waals surface area contributed by atoms with Crippen molar-refractivity contribution in [2.24, 2.45) is 0 Å². The maximum absolute atomic E-state index is 4.61. The van der Waals surface area contributed by atoms with Crippen LogP contribution in [0, 0.1) is 0 Å². The zero-order chi connectivity index (χ0) is 13.0. The number of hydrogen-bond acceptors (Lipinski definition) is 4. The molecule has 3 nitrogen and oxygen atoms in total. The van der Waals surface area contributed by atoms with Crippen LogP contribution in [-0.4, -0.2) is 16.5 Å². The average Bonchev–Trinajstić information content (AvgIpc) is 2.91. The molecule has 5 heteroatoms. The van der Waals surface area contributed by atoms with Crippen LogP contribution in [-0.2, 0) is 6.42 Å². The van der Waals surface area contributed by atoms with E-state index < -0.39 is 0 Å². The molecule has 2 aromatic rings. The van der Waals surface area contributed by atoms with Gasteiger partial charge in [0.1, 0.15) is 5.82 Å². The Bertz CT molecular complexity index is 511. The summed E-state index contributed by atoms with van der Waals surface area (Å²) < 4.78 is 0.984. The molecule has 0 radical (unpaired) electrons. The van der Waals surface area contributed by atoms with E-state index in [0.717, 1.165) is 46.8 Å². The normalized spacial score (nSPS) is 10.6. The number of nitrogens with one attached hydrogen (secondary N) is 1. The van der Waals surface area contributed by atoms with Crippen molar-refractivity contribution in [3.63, 3.8) is 0 Å². The van der Waals surface area contributed by atoms with Gasteiger partial charge in [-0.1, -0.05) is 13.8 Å². The van der Waals surface area contributed by atoms with E-state index in [2.05, 4.69) is 56.5 Å². The molecule has 0 saturated heterocycles. The van der Waals surface area contributed by atoms with Crippen LogP contribution >= 0.6 is 27.3 Å². The summed E-state index contributed by atoms with van der Waals surface area (Å²) in [5, 5.41) is 7.47. The molecule has 0 aliphatic rings. The molecule has 2 rings (SSSR count). The molecule has 2 heterocycles. The summed E-state index contributed by atoms with van der Waals surface area (Å²) in [5.41, 5.74) is 2.13. The molecule has 2 aromatic heterocycles. The Morgan fingerprint density at radius 1 is 1.33 bits per heavy atom. The van der Waals surface area contributed by atoms with E-state index in [0.29, 0.717) is 0 Å². The fourth-order valence-electron chi connectivity index (χ4n) is 1.61.